The summed E-state index contributed by atoms with van der Waals surface area (Å²) < 4.78 is 5.33. The van der Waals surface area contributed by atoms with Crippen LogP contribution in [0.25, 0.3) is 0 Å². The van der Waals surface area contributed by atoms with Gasteiger partial charge in [-0.05, 0) is 37.6 Å². The molecule has 1 aliphatic heterocycles. The van der Waals surface area contributed by atoms with Crippen molar-refractivity contribution in [2.24, 2.45) is 0 Å². The number of carbonyl (C=O) groups is 2. The highest BCUT2D eigenvalue weighted by molar-refractivity contribution is 5.95. The highest BCUT2D eigenvalue weighted by Crippen LogP contribution is 2.21. The van der Waals surface area contributed by atoms with Crippen LogP contribution in [0.3, 0.4) is 0 Å². The molecule has 1 N–H and O–H groups in total. The molecule has 2 heterocycles. The van der Waals surface area contributed by atoms with E-state index < -0.39 is 5.97 Å². The number of hydrogen-bond acceptors (Lipinski definition) is 6. The van der Waals surface area contributed by atoms with Crippen LogP contribution < -0.4 is 4.90 Å². The second kappa shape index (κ2) is 8.84. The largest absolute Gasteiger partial charge is 0.478 e. The lowest BCUT2D eigenvalue weighted by Gasteiger charge is -2.36. The number of rotatable bonds is 6. The molecule has 3 rings (SSSR count). The second-order valence-electron chi connectivity index (χ2n) is 7.05. The Bertz CT molecular complexity index is 845. The Morgan fingerprint density at radius 3 is 2.43 bits per heavy atom. The van der Waals surface area contributed by atoms with Gasteiger partial charge in [-0.2, -0.15) is 0 Å². The van der Waals surface area contributed by atoms with E-state index in [1.54, 1.807) is 30.5 Å². The number of benzene rings is 1. The number of ether oxygens (including phenoxy) is 1. The number of nitrogens with zero attached hydrogens (tertiary/aromatic N) is 3. The van der Waals surface area contributed by atoms with E-state index in [1.807, 2.05) is 26.0 Å². The lowest BCUT2D eigenvalue weighted by molar-refractivity contribution is 0.0377. The molecule has 1 aromatic heterocycles. The Balaban J connectivity index is 1.67. The van der Waals surface area contributed by atoms with Crippen LogP contribution in [0, 0.1) is 0 Å². The highest BCUT2D eigenvalue weighted by Gasteiger charge is 2.24. The monoisotopic (exact) mass is 383 g/mol. The molecule has 1 saturated heterocycles. The van der Waals surface area contributed by atoms with Gasteiger partial charge in [-0.1, -0.05) is 18.2 Å². The Labute approximate surface area is 164 Å². The summed E-state index contributed by atoms with van der Waals surface area (Å²) >= 11 is 0. The van der Waals surface area contributed by atoms with Gasteiger partial charge in [0.15, 0.2) is 0 Å². The average Bonchev–Trinajstić information content (AvgIpc) is 2.68. The summed E-state index contributed by atoms with van der Waals surface area (Å²) in [6.07, 6.45) is 1.49. The predicted molar refractivity (Wildman–Crippen MR) is 106 cm³/mol. The van der Waals surface area contributed by atoms with Gasteiger partial charge in [0.1, 0.15) is 11.4 Å². The van der Waals surface area contributed by atoms with Crippen LogP contribution in [0.2, 0.25) is 0 Å². The smallest absolute Gasteiger partial charge is 0.342 e. The van der Waals surface area contributed by atoms with Crippen LogP contribution in [0.15, 0.2) is 42.6 Å². The SMILES string of the molecule is CC(C)OC(=O)c1cccnc1N1CCN(Cc2ccccc2C(=O)O)CC1. The summed E-state index contributed by atoms with van der Waals surface area (Å²) in [5.74, 6) is -0.634. The van der Waals surface area contributed by atoms with Crippen molar-refractivity contribution in [3.05, 3.63) is 59.3 Å². The first-order valence-electron chi connectivity index (χ1n) is 9.40. The molecular formula is C21H25N3O4. The lowest BCUT2D eigenvalue weighted by atomic mass is 10.1. The van der Waals surface area contributed by atoms with E-state index in [-0.39, 0.29) is 12.1 Å². The summed E-state index contributed by atoms with van der Waals surface area (Å²) in [6.45, 7) is 7.14. The number of piperazine rings is 1. The summed E-state index contributed by atoms with van der Waals surface area (Å²) in [5, 5.41) is 9.35. The zero-order chi connectivity index (χ0) is 20.1. The van der Waals surface area contributed by atoms with Crippen molar-refractivity contribution in [1.82, 2.24) is 9.88 Å². The van der Waals surface area contributed by atoms with Crippen LogP contribution in [-0.2, 0) is 11.3 Å². The van der Waals surface area contributed by atoms with Crippen molar-refractivity contribution in [2.45, 2.75) is 26.5 Å². The molecule has 0 spiro atoms. The first kappa shape index (κ1) is 19.8. The molecule has 0 unspecified atom stereocenters. The number of aromatic nitrogens is 1. The molecule has 148 valence electrons. The Kier molecular flexibility index (Phi) is 6.26. The van der Waals surface area contributed by atoms with Crippen LogP contribution in [-0.4, -0.2) is 59.2 Å². The maximum Gasteiger partial charge on any atom is 0.342 e. The van der Waals surface area contributed by atoms with Gasteiger partial charge in [0.25, 0.3) is 0 Å². The standard InChI is InChI=1S/C21H25N3O4/c1-15(2)28-21(27)18-8-5-9-22-19(18)24-12-10-23(11-13-24)14-16-6-3-4-7-17(16)20(25)26/h3-9,15H,10-14H2,1-2H3,(H,25,26). The fourth-order valence-corrected chi connectivity index (χ4v) is 3.31. The number of pyridine rings is 1. The summed E-state index contributed by atoms with van der Waals surface area (Å²) in [5.41, 5.74) is 1.62. The maximum absolute atomic E-state index is 12.4. The van der Waals surface area contributed by atoms with Gasteiger partial charge in [-0.25, -0.2) is 14.6 Å². The molecule has 0 radical (unpaired) electrons. The number of esters is 1. The van der Waals surface area contributed by atoms with E-state index in [4.69, 9.17) is 4.74 Å². The predicted octanol–water partition coefficient (Wildman–Crippen LogP) is 2.67. The van der Waals surface area contributed by atoms with Crippen molar-refractivity contribution in [2.75, 3.05) is 31.1 Å². The number of anilines is 1. The molecule has 0 aliphatic carbocycles. The van der Waals surface area contributed by atoms with Crippen molar-refractivity contribution in [1.29, 1.82) is 0 Å². The first-order chi connectivity index (χ1) is 13.5. The van der Waals surface area contributed by atoms with Gasteiger partial charge < -0.3 is 14.7 Å². The molecule has 0 atom stereocenters. The van der Waals surface area contributed by atoms with E-state index in [0.29, 0.717) is 36.6 Å². The minimum absolute atomic E-state index is 0.188. The Hall–Kier alpha value is -2.93. The molecule has 2 aromatic rings. The van der Waals surface area contributed by atoms with E-state index in [1.165, 1.54) is 0 Å². The number of aromatic carboxylic acids is 1. The fraction of sp³-hybridized carbons (Fsp3) is 0.381. The van der Waals surface area contributed by atoms with Gasteiger partial charge in [0.05, 0.1) is 11.7 Å². The van der Waals surface area contributed by atoms with Crippen LogP contribution in [0.5, 0.6) is 0 Å². The van der Waals surface area contributed by atoms with E-state index in [2.05, 4.69) is 14.8 Å². The van der Waals surface area contributed by atoms with Gasteiger partial charge in [0.2, 0.25) is 0 Å². The second-order valence-corrected chi connectivity index (χ2v) is 7.05. The molecular weight excluding hydrogens is 358 g/mol. The average molecular weight is 383 g/mol. The topological polar surface area (TPSA) is 83.0 Å². The number of carboxylic acid groups (broad SMARTS) is 1. The normalized spacial score (nSPS) is 14.9. The first-order valence-corrected chi connectivity index (χ1v) is 9.40. The summed E-state index contributed by atoms with van der Waals surface area (Å²) in [7, 11) is 0. The van der Waals surface area contributed by atoms with Crippen molar-refractivity contribution >= 4 is 17.8 Å². The minimum atomic E-state index is -0.906. The quantitative estimate of drug-likeness (QED) is 0.768. The van der Waals surface area contributed by atoms with Crippen molar-refractivity contribution in [3.8, 4) is 0 Å². The Morgan fingerprint density at radius 2 is 1.75 bits per heavy atom. The molecule has 7 nitrogen and oxygen atoms in total. The van der Waals surface area contributed by atoms with Crippen molar-refractivity contribution in [3.63, 3.8) is 0 Å². The van der Waals surface area contributed by atoms with Crippen LogP contribution in [0.4, 0.5) is 5.82 Å². The van der Waals surface area contributed by atoms with Gasteiger partial charge in [0, 0.05) is 38.9 Å². The molecule has 0 bridgehead atoms. The number of hydrogen-bond donors (Lipinski definition) is 1. The minimum Gasteiger partial charge on any atom is -0.478 e. The Morgan fingerprint density at radius 1 is 1.07 bits per heavy atom. The molecule has 1 aliphatic rings. The fourth-order valence-electron chi connectivity index (χ4n) is 3.31. The molecule has 7 heteroatoms. The van der Waals surface area contributed by atoms with Gasteiger partial charge >= 0.3 is 11.9 Å². The van der Waals surface area contributed by atoms with Crippen LogP contribution >= 0.6 is 0 Å². The van der Waals surface area contributed by atoms with Crippen molar-refractivity contribution < 1.29 is 19.4 Å². The molecule has 0 saturated carbocycles. The van der Waals surface area contributed by atoms with E-state index in [0.717, 1.165) is 18.7 Å². The van der Waals surface area contributed by atoms with Gasteiger partial charge in [-0.3, -0.25) is 4.90 Å². The third-order valence-electron chi connectivity index (χ3n) is 4.66. The molecule has 1 aromatic carbocycles. The molecule has 0 amide bonds. The zero-order valence-electron chi connectivity index (χ0n) is 16.2. The zero-order valence-corrected chi connectivity index (χ0v) is 16.2. The summed E-state index contributed by atoms with van der Waals surface area (Å²) in [6, 6.07) is 10.6. The van der Waals surface area contributed by atoms with Gasteiger partial charge in [-0.15, -0.1) is 0 Å². The third kappa shape index (κ3) is 4.67. The van der Waals surface area contributed by atoms with Crippen LogP contribution in [0.1, 0.15) is 40.1 Å². The summed E-state index contributed by atoms with van der Waals surface area (Å²) in [4.78, 5) is 32.5. The molecule has 1 fully saturated rings. The third-order valence-corrected chi connectivity index (χ3v) is 4.66. The van der Waals surface area contributed by atoms with E-state index >= 15 is 0 Å². The number of carboxylic acids is 1. The maximum atomic E-state index is 12.4. The lowest BCUT2D eigenvalue weighted by Crippen LogP contribution is -2.46. The van der Waals surface area contributed by atoms with E-state index in [9.17, 15) is 14.7 Å². The highest BCUT2D eigenvalue weighted by atomic mass is 16.5. The molecule has 28 heavy (non-hydrogen) atoms. The number of carbonyl (C=O) groups excluding carboxylic acids is 1.